The van der Waals surface area contributed by atoms with Gasteiger partial charge in [0.2, 0.25) is 17.7 Å². The number of carboxylic acids is 1. The van der Waals surface area contributed by atoms with Crippen LogP contribution in [0.25, 0.3) is 0 Å². The number of amidine groups is 1. The predicted molar refractivity (Wildman–Crippen MR) is 136 cm³/mol. The molecule has 2 aliphatic heterocycles. The number of anilines is 1. The van der Waals surface area contributed by atoms with Gasteiger partial charge in [-0.25, -0.2) is 14.6 Å². The van der Waals surface area contributed by atoms with Gasteiger partial charge in [0.15, 0.2) is 11.9 Å². The van der Waals surface area contributed by atoms with Gasteiger partial charge in [0, 0.05) is 23.4 Å². The van der Waals surface area contributed by atoms with E-state index in [9.17, 15) is 34.5 Å². The third-order valence-corrected chi connectivity index (χ3v) is 5.43. The zero-order valence-corrected chi connectivity index (χ0v) is 20.0. The summed E-state index contributed by atoms with van der Waals surface area (Å²) in [5, 5.41) is 33.9. The first-order chi connectivity index (χ1) is 18.6. The molecule has 0 saturated heterocycles. The standard InChI is InChI=1S/C23H22N8O8/c24-23-29-19-18(21(36)30-23)27-13(10-26-19)9-25-12-3-1-11(2-4-12)20(35)28-14(22(37)38)5-8-17(34)39-31-15(32)6-7-16(31)33/h1-4,6-7,10,14,18,25,32-33H,5,8-9H2,(H,28,35)(H,37,38)(H2,24,30,36). The Morgan fingerprint density at radius 1 is 1.08 bits per heavy atom. The molecule has 2 atom stereocenters. The molecule has 16 heteroatoms. The van der Waals surface area contributed by atoms with Crippen molar-refractivity contribution in [2.24, 2.45) is 25.7 Å². The van der Waals surface area contributed by atoms with E-state index in [1.54, 1.807) is 12.1 Å². The number of nitrogens with zero attached hydrogens (tertiary/aromatic N) is 5. The molecule has 2 aliphatic rings. The van der Waals surface area contributed by atoms with E-state index in [0.717, 1.165) is 12.1 Å². The van der Waals surface area contributed by atoms with Crippen molar-refractivity contribution in [1.29, 1.82) is 0 Å². The van der Waals surface area contributed by atoms with Crippen LogP contribution < -0.4 is 21.2 Å². The predicted octanol–water partition coefficient (Wildman–Crippen LogP) is -0.923. The average molecular weight is 538 g/mol. The van der Waals surface area contributed by atoms with Crippen molar-refractivity contribution >= 4 is 53.2 Å². The Morgan fingerprint density at radius 2 is 1.77 bits per heavy atom. The number of carbonyl (C=O) groups excluding carboxylic acids is 3. The molecule has 1 aromatic carbocycles. The van der Waals surface area contributed by atoms with Crippen LogP contribution >= 0.6 is 0 Å². The lowest BCUT2D eigenvalue weighted by atomic mass is 10.1. The number of benzene rings is 1. The average Bonchev–Trinajstić information content (AvgIpc) is 3.22. The third kappa shape index (κ3) is 6.43. The first kappa shape index (κ1) is 26.5. The molecule has 3 heterocycles. The summed E-state index contributed by atoms with van der Waals surface area (Å²) in [6.07, 6.45) is 0.714. The number of aromatic hydroxyl groups is 2. The molecule has 4 rings (SSSR count). The van der Waals surface area contributed by atoms with Crippen LogP contribution in [0.4, 0.5) is 5.69 Å². The van der Waals surface area contributed by atoms with Crippen LogP contribution in [0.5, 0.6) is 11.8 Å². The number of hydrogen-bond donors (Lipinski definition) is 6. The number of aromatic nitrogens is 1. The Bertz CT molecular complexity index is 1420. The summed E-state index contributed by atoms with van der Waals surface area (Å²) in [6, 6.07) is 5.94. The number of carboxylic acid groups (broad SMARTS) is 1. The molecular weight excluding hydrogens is 516 g/mol. The summed E-state index contributed by atoms with van der Waals surface area (Å²) in [5.74, 6) is -4.59. The normalized spacial score (nSPS) is 16.8. The van der Waals surface area contributed by atoms with Gasteiger partial charge in [0.05, 0.1) is 24.9 Å². The van der Waals surface area contributed by atoms with E-state index in [1.165, 1.54) is 18.3 Å². The summed E-state index contributed by atoms with van der Waals surface area (Å²) in [5.41, 5.74) is 6.69. The Balaban J connectivity index is 1.28. The van der Waals surface area contributed by atoms with Crippen LogP contribution in [0.1, 0.15) is 23.2 Å². The zero-order valence-electron chi connectivity index (χ0n) is 20.0. The number of nitrogens with two attached hydrogens (primary N) is 1. The first-order valence-electron chi connectivity index (χ1n) is 11.4. The lowest BCUT2D eigenvalue weighted by Crippen LogP contribution is -2.41. The number of amides is 2. The maximum absolute atomic E-state index is 12.6. The van der Waals surface area contributed by atoms with Crippen molar-refractivity contribution in [1.82, 2.24) is 10.0 Å². The van der Waals surface area contributed by atoms with Crippen molar-refractivity contribution in [3.8, 4) is 11.8 Å². The van der Waals surface area contributed by atoms with Gasteiger partial charge in [-0.1, -0.05) is 0 Å². The van der Waals surface area contributed by atoms with Crippen LogP contribution in [0.2, 0.25) is 0 Å². The molecule has 202 valence electrons. The van der Waals surface area contributed by atoms with Crippen molar-refractivity contribution in [2.75, 3.05) is 11.9 Å². The van der Waals surface area contributed by atoms with E-state index >= 15 is 0 Å². The molecule has 0 aliphatic carbocycles. The molecule has 2 aromatic rings. The summed E-state index contributed by atoms with van der Waals surface area (Å²) in [7, 11) is 0. The van der Waals surface area contributed by atoms with E-state index in [2.05, 4.69) is 30.6 Å². The molecule has 1 aromatic heterocycles. The van der Waals surface area contributed by atoms with Gasteiger partial charge in [-0.3, -0.25) is 14.6 Å². The van der Waals surface area contributed by atoms with Crippen LogP contribution in [0.3, 0.4) is 0 Å². The minimum absolute atomic E-state index is 0.164. The van der Waals surface area contributed by atoms with Crippen LogP contribution in [-0.4, -0.2) is 86.2 Å². The summed E-state index contributed by atoms with van der Waals surface area (Å²) >= 11 is 0. The quantitative estimate of drug-likeness (QED) is 0.217. The van der Waals surface area contributed by atoms with Crippen molar-refractivity contribution in [3.63, 3.8) is 0 Å². The lowest BCUT2D eigenvalue weighted by molar-refractivity contribution is -0.146. The van der Waals surface area contributed by atoms with Gasteiger partial charge < -0.3 is 36.5 Å². The molecule has 39 heavy (non-hydrogen) atoms. The monoisotopic (exact) mass is 538 g/mol. The lowest BCUT2D eigenvalue weighted by Gasteiger charge is -2.18. The molecule has 0 radical (unpaired) electrons. The highest BCUT2D eigenvalue weighted by atomic mass is 16.7. The van der Waals surface area contributed by atoms with Crippen molar-refractivity contribution in [3.05, 3.63) is 42.0 Å². The minimum Gasteiger partial charge on any atom is -0.492 e. The number of fused-ring (bicyclic) bond motifs is 1. The zero-order chi connectivity index (χ0) is 28.1. The fourth-order valence-electron chi connectivity index (χ4n) is 3.47. The van der Waals surface area contributed by atoms with Gasteiger partial charge in [-0.15, -0.1) is 4.73 Å². The van der Waals surface area contributed by atoms with E-state index in [1.807, 2.05) is 0 Å². The van der Waals surface area contributed by atoms with Crippen molar-refractivity contribution < 1.29 is 39.3 Å². The van der Waals surface area contributed by atoms with E-state index < -0.39 is 54.0 Å². The maximum Gasteiger partial charge on any atom is 0.333 e. The second kappa shape index (κ2) is 11.2. The second-order valence-corrected chi connectivity index (χ2v) is 8.20. The van der Waals surface area contributed by atoms with Crippen LogP contribution in [0, 0.1) is 0 Å². The summed E-state index contributed by atoms with van der Waals surface area (Å²) in [4.78, 5) is 68.7. The molecular formula is C23H22N8O8. The number of aliphatic carboxylic acids is 1. The minimum atomic E-state index is -1.41. The third-order valence-electron chi connectivity index (χ3n) is 5.43. The van der Waals surface area contributed by atoms with E-state index in [-0.39, 0.29) is 30.3 Å². The highest BCUT2D eigenvalue weighted by Crippen LogP contribution is 2.19. The second-order valence-electron chi connectivity index (χ2n) is 8.20. The number of rotatable bonds is 10. The molecule has 7 N–H and O–H groups in total. The fourth-order valence-corrected chi connectivity index (χ4v) is 3.47. The number of aliphatic imine (C=N–C) groups is 4. The topological polar surface area (TPSA) is 243 Å². The molecule has 0 saturated carbocycles. The van der Waals surface area contributed by atoms with Gasteiger partial charge >= 0.3 is 11.9 Å². The molecule has 0 spiro atoms. The molecule has 0 fully saturated rings. The first-order valence-corrected chi connectivity index (χ1v) is 11.4. The molecule has 2 amide bonds. The molecule has 16 nitrogen and oxygen atoms in total. The molecule has 0 bridgehead atoms. The number of nitrogens with one attached hydrogen (secondary N) is 2. The maximum atomic E-state index is 12.6. The summed E-state index contributed by atoms with van der Waals surface area (Å²) in [6.45, 7) is 0.209. The van der Waals surface area contributed by atoms with E-state index in [0.29, 0.717) is 16.1 Å². The van der Waals surface area contributed by atoms with Crippen LogP contribution in [-0.2, 0) is 14.4 Å². The van der Waals surface area contributed by atoms with Gasteiger partial charge in [0.25, 0.3) is 11.8 Å². The van der Waals surface area contributed by atoms with Crippen molar-refractivity contribution in [2.45, 2.75) is 24.9 Å². The number of hydrogen-bond acceptors (Lipinski definition) is 12. The van der Waals surface area contributed by atoms with Gasteiger partial charge in [-0.05, 0) is 30.7 Å². The Morgan fingerprint density at radius 3 is 2.44 bits per heavy atom. The largest absolute Gasteiger partial charge is 0.492 e. The smallest absolute Gasteiger partial charge is 0.333 e. The Hall–Kier alpha value is -5.54. The fraction of sp³-hybridized carbons (Fsp3) is 0.217. The Kier molecular flexibility index (Phi) is 7.64. The summed E-state index contributed by atoms with van der Waals surface area (Å²) < 4.78 is 0.478. The Labute approximate surface area is 219 Å². The highest BCUT2D eigenvalue weighted by molar-refractivity contribution is 6.38. The van der Waals surface area contributed by atoms with E-state index in [4.69, 9.17) is 10.6 Å². The van der Waals surface area contributed by atoms with Gasteiger partial charge in [0.1, 0.15) is 6.04 Å². The highest BCUT2D eigenvalue weighted by Gasteiger charge is 2.30. The number of carbonyl (C=O) groups is 4. The SMILES string of the molecule is NC1=NC(=O)C2N=C(CNc3ccc(C(=O)NC(CCC(=O)On4c(O)ccc4O)C(=O)O)cc3)C=NC2=N1. The number of guanidine groups is 1. The molecule has 2 unspecified atom stereocenters. The van der Waals surface area contributed by atoms with Gasteiger partial charge in [-0.2, -0.15) is 9.98 Å². The van der Waals surface area contributed by atoms with Crippen LogP contribution in [0.15, 0.2) is 56.4 Å².